The number of thiophene rings is 1. The molecule has 3 heterocycles. The van der Waals surface area contributed by atoms with E-state index in [0.717, 1.165) is 39.0 Å². The lowest BCUT2D eigenvalue weighted by Gasteiger charge is -2.14. The van der Waals surface area contributed by atoms with Crippen LogP contribution in [0.2, 0.25) is 0 Å². The van der Waals surface area contributed by atoms with E-state index in [4.69, 9.17) is 15.0 Å². The van der Waals surface area contributed by atoms with Gasteiger partial charge >= 0.3 is 0 Å². The maximum Gasteiger partial charge on any atom is 0.166 e. The van der Waals surface area contributed by atoms with Crippen LogP contribution in [0.5, 0.6) is 0 Å². The lowest BCUT2D eigenvalue weighted by atomic mass is 10.0. The highest BCUT2D eigenvalue weighted by Gasteiger charge is 2.21. The Kier molecular flexibility index (Phi) is 6.64. The van der Waals surface area contributed by atoms with Crippen LogP contribution in [-0.2, 0) is 0 Å². The van der Waals surface area contributed by atoms with Gasteiger partial charge < -0.3 is 4.57 Å². The average molecular weight is 657 g/mol. The number of hydrogen-bond donors (Lipinski definition) is 0. The Balaban J connectivity index is 1.20. The summed E-state index contributed by atoms with van der Waals surface area (Å²) in [5, 5.41) is 5.10. The van der Waals surface area contributed by atoms with E-state index in [1.807, 2.05) is 35.6 Å². The van der Waals surface area contributed by atoms with E-state index in [1.165, 1.54) is 36.5 Å². The molecule has 50 heavy (non-hydrogen) atoms. The van der Waals surface area contributed by atoms with Crippen molar-refractivity contribution in [3.8, 4) is 51.0 Å². The fraction of sp³-hybridized carbons (Fsp3) is 0. The molecule has 0 fully saturated rings. The third kappa shape index (κ3) is 4.63. The van der Waals surface area contributed by atoms with Crippen LogP contribution in [0.25, 0.3) is 93.0 Å². The zero-order valence-electron chi connectivity index (χ0n) is 26.9. The van der Waals surface area contributed by atoms with Crippen LogP contribution in [0.1, 0.15) is 0 Å². The summed E-state index contributed by atoms with van der Waals surface area (Å²) in [6, 6.07) is 59.5. The van der Waals surface area contributed by atoms with Crippen molar-refractivity contribution in [3.05, 3.63) is 170 Å². The number of benzene rings is 7. The average Bonchev–Trinajstić information content (AvgIpc) is 3.74. The van der Waals surface area contributed by atoms with Gasteiger partial charge in [-0.25, -0.2) is 15.0 Å². The van der Waals surface area contributed by atoms with Crippen molar-refractivity contribution in [2.75, 3.05) is 0 Å². The van der Waals surface area contributed by atoms with Crippen molar-refractivity contribution in [1.29, 1.82) is 0 Å². The largest absolute Gasteiger partial charge is 0.308 e. The highest BCUT2D eigenvalue weighted by atomic mass is 32.1. The first kappa shape index (κ1) is 28.6. The van der Waals surface area contributed by atoms with Crippen LogP contribution in [-0.4, -0.2) is 19.5 Å². The molecule has 5 heteroatoms. The Morgan fingerprint density at radius 2 is 0.940 bits per heavy atom. The Hall–Kier alpha value is -6.43. The zero-order chi connectivity index (χ0) is 33.0. The highest BCUT2D eigenvalue weighted by Crippen LogP contribution is 2.44. The van der Waals surface area contributed by atoms with Crippen LogP contribution in [0.3, 0.4) is 0 Å². The standard InChI is InChI=1S/C45H28N4S/c1-3-13-29(14-4-1)30-23-25-32(26-24-30)44-46-43(31-15-5-2-6-16-31)47-45(48-44)36-19-8-11-21-38(36)49-37-20-10-7-18-35(37)41-39(49)28-27-34-33-17-9-12-22-40(33)50-42(34)41/h1-28H. The molecule has 0 unspecified atom stereocenters. The molecule has 0 N–H and O–H groups in total. The first-order chi connectivity index (χ1) is 24.8. The molecule has 0 aliphatic heterocycles. The predicted molar refractivity (Wildman–Crippen MR) is 209 cm³/mol. The molecule has 10 rings (SSSR count). The number of hydrogen-bond acceptors (Lipinski definition) is 4. The summed E-state index contributed by atoms with van der Waals surface area (Å²) in [6.07, 6.45) is 0. The summed E-state index contributed by atoms with van der Waals surface area (Å²) in [4.78, 5) is 15.3. The topological polar surface area (TPSA) is 43.6 Å². The Bertz CT molecular complexity index is 2850. The quantitative estimate of drug-likeness (QED) is 0.185. The summed E-state index contributed by atoms with van der Waals surface area (Å²) in [7, 11) is 0. The molecule has 0 spiro atoms. The smallest absolute Gasteiger partial charge is 0.166 e. The van der Waals surface area contributed by atoms with Crippen LogP contribution in [0.15, 0.2) is 170 Å². The molecular formula is C45H28N4S. The SMILES string of the molecule is c1ccc(-c2ccc(-c3nc(-c4ccccc4)nc(-c4ccccc4-n4c5ccccc5c5c6sc7ccccc7c6ccc54)n3)cc2)cc1. The molecule has 10 aromatic rings. The van der Waals surface area contributed by atoms with Gasteiger partial charge in [-0.05, 0) is 41.5 Å². The molecule has 3 aromatic heterocycles. The van der Waals surface area contributed by atoms with Crippen molar-refractivity contribution in [2.24, 2.45) is 0 Å². The third-order valence-corrected chi connectivity index (χ3v) is 10.7. The van der Waals surface area contributed by atoms with Gasteiger partial charge in [0.25, 0.3) is 0 Å². The van der Waals surface area contributed by atoms with E-state index in [1.54, 1.807) is 0 Å². The number of nitrogens with zero attached hydrogens (tertiary/aromatic N) is 4. The molecule has 0 saturated heterocycles. The predicted octanol–water partition coefficient (Wildman–Crippen LogP) is 12.0. The first-order valence-corrected chi connectivity index (χ1v) is 17.5. The fourth-order valence-electron chi connectivity index (χ4n) is 7.14. The summed E-state index contributed by atoms with van der Waals surface area (Å²) in [5.74, 6) is 1.91. The summed E-state index contributed by atoms with van der Waals surface area (Å²) >= 11 is 1.87. The lowest BCUT2D eigenvalue weighted by Crippen LogP contribution is -2.03. The van der Waals surface area contributed by atoms with E-state index >= 15 is 0 Å². The fourth-order valence-corrected chi connectivity index (χ4v) is 8.40. The van der Waals surface area contributed by atoms with Gasteiger partial charge in [-0.15, -0.1) is 11.3 Å². The van der Waals surface area contributed by atoms with Gasteiger partial charge in [-0.1, -0.05) is 140 Å². The number of fused-ring (bicyclic) bond motifs is 7. The molecule has 0 bridgehead atoms. The Morgan fingerprint density at radius 1 is 0.380 bits per heavy atom. The van der Waals surface area contributed by atoms with Crippen molar-refractivity contribution in [1.82, 2.24) is 19.5 Å². The minimum absolute atomic E-state index is 0.630. The second kappa shape index (κ2) is 11.6. The maximum absolute atomic E-state index is 5.18. The number of aromatic nitrogens is 4. The third-order valence-electron chi connectivity index (χ3n) is 9.48. The monoisotopic (exact) mass is 656 g/mol. The molecule has 0 radical (unpaired) electrons. The van der Waals surface area contributed by atoms with Crippen LogP contribution in [0, 0.1) is 0 Å². The molecule has 4 nitrogen and oxygen atoms in total. The minimum Gasteiger partial charge on any atom is -0.308 e. The minimum atomic E-state index is 0.630. The number of rotatable bonds is 5. The van der Waals surface area contributed by atoms with Crippen molar-refractivity contribution >= 4 is 53.3 Å². The first-order valence-electron chi connectivity index (χ1n) is 16.7. The molecule has 0 amide bonds. The normalized spacial score (nSPS) is 11.6. The Labute approximate surface area is 292 Å². The van der Waals surface area contributed by atoms with Gasteiger partial charge in [-0.3, -0.25) is 0 Å². The van der Waals surface area contributed by atoms with Gasteiger partial charge in [0.05, 0.1) is 16.7 Å². The van der Waals surface area contributed by atoms with Gasteiger partial charge in [0.2, 0.25) is 0 Å². The molecule has 0 saturated carbocycles. The molecule has 234 valence electrons. The van der Waals surface area contributed by atoms with E-state index in [-0.39, 0.29) is 0 Å². The summed E-state index contributed by atoms with van der Waals surface area (Å²) < 4.78 is 4.99. The number of para-hydroxylation sites is 2. The van der Waals surface area contributed by atoms with Gasteiger partial charge in [-0.2, -0.15) is 0 Å². The van der Waals surface area contributed by atoms with Crippen molar-refractivity contribution < 1.29 is 0 Å². The second-order valence-electron chi connectivity index (χ2n) is 12.4. The van der Waals surface area contributed by atoms with Gasteiger partial charge in [0, 0.05) is 47.6 Å². The molecule has 7 aromatic carbocycles. The van der Waals surface area contributed by atoms with E-state index in [0.29, 0.717) is 17.5 Å². The molecule has 0 aliphatic rings. The molecule has 0 atom stereocenters. The van der Waals surface area contributed by atoms with Gasteiger partial charge in [0.15, 0.2) is 17.5 Å². The molecular weight excluding hydrogens is 629 g/mol. The van der Waals surface area contributed by atoms with E-state index < -0.39 is 0 Å². The second-order valence-corrected chi connectivity index (χ2v) is 13.5. The summed E-state index contributed by atoms with van der Waals surface area (Å²) in [6.45, 7) is 0. The van der Waals surface area contributed by atoms with Gasteiger partial charge in [0.1, 0.15) is 0 Å². The van der Waals surface area contributed by atoms with Crippen molar-refractivity contribution in [2.45, 2.75) is 0 Å². The van der Waals surface area contributed by atoms with Crippen molar-refractivity contribution in [3.63, 3.8) is 0 Å². The highest BCUT2D eigenvalue weighted by molar-refractivity contribution is 7.26. The van der Waals surface area contributed by atoms with Crippen LogP contribution in [0.4, 0.5) is 0 Å². The van der Waals surface area contributed by atoms with Crippen LogP contribution < -0.4 is 0 Å². The molecule has 0 aliphatic carbocycles. The van der Waals surface area contributed by atoms with Crippen LogP contribution >= 0.6 is 11.3 Å². The maximum atomic E-state index is 5.18. The summed E-state index contributed by atoms with van der Waals surface area (Å²) in [5.41, 5.74) is 8.47. The lowest BCUT2D eigenvalue weighted by molar-refractivity contribution is 1.06. The van der Waals surface area contributed by atoms with E-state index in [9.17, 15) is 0 Å². The zero-order valence-corrected chi connectivity index (χ0v) is 27.7. The van der Waals surface area contributed by atoms with E-state index in [2.05, 4.69) is 150 Å². The Morgan fingerprint density at radius 3 is 1.72 bits per heavy atom.